The number of hydrogen-bond acceptors (Lipinski definition) is 5. The summed E-state index contributed by atoms with van der Waals surface area (Å²) >= 11 is 0. The van der Waals surface area contributed by atoms with Crippen molar-refractivity contribution in [1.29, 1.82) is 0 Å². The van der Waals surface area contributed by atoms with Crippen LogP contribution in [-0.4, -0.2) is 74.7 Å². The molecule has 4 rings (SSSR count). The van der Waals surface area contributed by atoms with Gasteiger partial charge in [0.05, 0.1) is 12.9 Å². The Bertz CT molecular complexity index is 921. The second-order valence-corrected chi connectivity index (χ2v) is 11.4. The minimum Gasteiger partial charge on any atom is -0.496 e. The van der Waals surface area contributed by atoms with Gasteiger partial charge in [0.1, 0.15) is 17.1 Å². The number of benzene rings is 1. The van der Waals surface area contributed by atoms with Crippen LogP contribution < -0.4 is 10.1 Å². The molecule has 0 unspecified atom stereocenters. The first-order chi connectivity index (χ1) is 15.3. The van der Waals surface area contributed by atoms with Crippen LogP contribution in [0, 0.1) is 11.7 Å². The van der Waals surface area contributed by atoms with Gasteiger partial charge < -0.3 is 10.1 Å². The van der Waals surface area contributed by atoms with Crippen LogP contribution in [0.1, 0.15) is 55.3 Å². The van der Waals surface area contributed by atoms with Crippen LogP contribution in [0.15, 0.2) is 18.2 Å². The summed E-state index contributed by atoms with van der Waals surface area (Å²) < 4.78 is 46.5. The van der Waals surface area contributed by atoms with Crippen molar-refractivity contribution >= 4 is 15.9 Å². The zero-order valence-electron chi connectivity index (χ0n) is 18.8. The van der Waals surface area contributed by atoms with E-state index in [0.29, 0.717) is 38.6 Å². The zero-order chi connectivity index (χ0) is 22.8. The SMILES string of the molecule is COc1cccc(F)c1C(=O)NCC1(N2CCN(S(=O)(=O)CC3CC3)CC2)CCCCC1. The molecule has 3 aliphatic rings. The summed E-state index contributed by atoms with van der Waals surface area (Å²) in [4.78, 5) is 15.2. The highest BCUT2D eigenvalue weighted by atomic mass is 32.2. The van der Waals surface area contributed by atoms with E-state index < -0.39 is 21.7 Å². The molecule has 1 heterocycles. The van der Waals surface area contributed by atoms with E-state index in [9.17, 15) is 17.6 Å². The monoisotopic (exact) mass is 467 g/mol. The van der Waals surface area contributed by atoms with Crippen molar-refractivity contribution in [1.82, 2.24) is 14.5 Å². The van der Waals surface area contributed by atoms with Gasteiger partial charge in [-0.2, -0.15) is 4.31 Å². The van der Waals surface area contributed by atoms with Crippen molar-refractivity contribution in [2.75, 3.05) is 45.6 Å². The summed E-state index contributed by atoms with van der Waals surface area (Å²) in [7, 11) is -1.77. The molecule has 0 radical (unpaired) electrons. The Morgan fingerprint density at radius 1 is 1.16 bits per heavy atom. The highest BCUT2D eigenvalue weighted by molar-refractivity contribution is 7.89. The van der Waals surface area contributed by atoms with Crippen molar-refractivity contribution in [2.24, 2.45) is 5.92 Å². The molecule has 1 aliphatic heterocycles. The van der Waals surface area contributed by atoms with Crippen molar-refractivity contribution in [3.8, 4) is 5.75 Å². The lowest BCUT2D eigenvalue weighted by molar-refractivity contribution is 0.0239. The maximum atomic E-state index is 14.3. The largest absolute Gasteiger partial charge is 0.496 e. The lowest BCUT2D eigenvalue weighted by atomic mass is 9.79. The molecule has 32 heavy (non-hydrogen) atoms. The Morgan fingerprint density at radius 2 is 1.84 bits per heavy atom. The number of halogens is 1. The van der Waals surface area contributed by atoms with Crippen LogP contribution in [0.4, 0.5) is 4.39 Å². The molecule has 0 spiro atoms. The van der Waals surface area contributed by atoms with E-state index in [1.165, 1.54) is 19.2 Å². The van der Waals surface area contributed by atoms with Crippen LogP contribution in [0.5, 0.6) is 5.75 Å². The van der Waals surface area contributed by atoms with Crippen molar-refractivity contribution in [3.63, 3.8) is 0 Å². The van der Waals surface area contributed by atoms with E-state index >= 15 is 0 Å². The van der Waals surface area contributed by atoms with Crippen molar-refractivity contribution in [2.45, 2.75) is 50.5 Å². The van der Waals surface area contributed by atoms with Gasteiger partial charge in [0.25, 0.3) is 5.91 Å². The molecule has 0 atom stereocenters. The maximum absolute atomic E-state index is 14.3. The molecule has 1 saturated heterocycles. The molecule has 9 heteroatoms. The molecule has 178 valence electrons. The number of rotatable bonds is 8. The minimum absolute atomic E-state index is 0.0723. The summed E-state index contributed by atoms with van der Waals surface area (Å²) in [6.45, 7) is 2.71. The highest BCUT2D eigenvalue weighted by Gasteiger charge is 2.42. The summed E-state index contributed by atoms with van der Waals surface area (Å²) in [5.74, 6) is -0.244. The van der Waals surface area contributed by atoms with Crippen LogP contribution in [-0.2, 0) is 10.0 Å². The Balaban J connectivity index is 1.42. The van der Waals surface area contributed by atoms with Crippen molar-refractivity contribution in [3.05, 3.63) is 29.6 Å². The Labute approximate surface area is 190 Å². The second-order valence-electron chi connectivity index (χ2n) is 9.39. The number of nitrogens with one attached hydrogen (secondary N) is 1. The number of carbonyl (C=O) groups excluding carboxylic acids is 1. The highest BCUT2D eigenvalue weighted by Crippen LogP contribution is 2.35. The van der Waals surface area contributed by atoms with E-state index in [2.05, 4.69) is 10.2 Å². The maximum Gasteiger partial charge on any atom is 0.258 e. The van der Waals surface area contributed by atoms with Gasteiger partial charge in [-0.15, -0.1) is 0 Å². The smallest absolute Gasteiger partial charge is 0.258 e. The molecule has 0 aromatic heterocycles. The molecule has 1 aromatic carbocycles. The zero-order valence-corrected chi connectivity index (χ0v) is 19.6. The fourth-order valence-corrected chi connectivity index (χ4v) is 7.03. The molecular formula is C23H34FN3O4S. The molecule has 1 aromatic rings. The number of carbonyl (C=O) groups is 1. The van der Waals surface area contributed by atoms with E-state index in [0.717, 1.165) is 44.9 Å². The average molecular weight is 468 g/mol. The fourth-order valence-electron chi connectivity index (χ4n) is 5.17. The molecular weight excluding hydrogens is 433 g/mol. The number of hydrogen-bond donors (Lipinski definition) is 1. The van der Waals surface area contributed by atoms with Gasteiger partial charge in [-0.05, 0) is 43.7 Å². The first kappa shape index (κ1) is 23.4. The topological polar surface area (TPSA) is 79.0 Å². The van der Waals surface area contributed by atoms with Crippen LogP contribution in [0.3, 0.4) is 0 Å². The molecule has 2 aliphatic carbocycles. The number of ether oxygens (including phenoxy) is 1. The summed E-state index contributed by atoms with van der Waals surface area (Å²) in [6.07, 6.45) is 7.22. The second kappa shape index (κ2) is 9.65. The van der Waals surface area contributed by atoms with E-state index in [1.807, 2.05) is 0 Å². The van der Waals surface area contributed by atoms with Crippen LogP contribution >= 0.6 is 0 Å². The van der Waals surface area contributed by atoms with Crippen molar-refractivity contribution < 1.29 is 22.3 Å². The number of amides is 1. The first-order valence-electron chi connectivity index (χ1n) is 11.7. The summed E-state index contributed by atoms with van der Waals surface area (Å²) in [5.41, 5.74) is -0.296. The molecule has 1 amide bonds. The number of nitrogens with zero attached hydrogens (tertiary/aromatic N) is 2. The van der Waals surface area contributed by atoms with Gasteiger partial charge >= 0.3 is 0 Å². The van der Waals surface area contributed by atoms with Gasteiger partial charge in [-0.25, -0.2) is 12.8 Å². The third-order valence-electron chi connectivity index (χ3n) is 7.23. The fraction of sp³-hybridized carbons (Fsp3) is 0.696. The molecule has 0 bridgehead atoms. The minimum atomic E-state index is -3.19. The van der Waals surface area contributed by atoms with E-state index in [-0.39, 0.29) is 22.6 Å². The van der Waals surface area contributed by atoms with Gasteiger partial charge in [-0.3, -0.25) is 9.69 Å². The van der Waals surface area contributed by atoms with Crippen LogP contribution in [0.25, 0.3) is 0 Å². The number of piperazine rings is 1. The summed E-state index contributed by atoms with van der Waals surface area (Å²) in [6, 6.07) is 4.36. The molecule has 3 fully saturated rings. The number of methoxy groups -OCH3 is 1. The first-order valence-corrected chi connectivity index (χ1v) is 13.3. The molecule has 7 nitrogen and oxygen atoms in total. The van der Waals surface area contributed by atoms with Gasteiger partial charge in [0, 0.05) is 38.3 Å². The normalized spacial score (nSPS) is 22.4. The predicted molar refractivity (Wildman–Crippen MR) is 121 cm³/mol. The Morgan fingerprint density at radius 3 is 2.47 bits per heavy atom. The van der Waals surface area contributed by atoms with Gasteiger partial charge in [0.15, 0.2) is 0 Å². The lowest BCUT2D eigenvalue weighted by Crippen LogP contribution is -2.62. The molecule has 1 N–H and O–H groups in total. The van der Waals surface area contributed by atoms with Gasteiger partial charge in [-0.1, -0.05) is 25.3 Å². The Hall–Kier alpha value is -1.71. The third-order valence-corrected chi connectivity index (χ3v) is 9.28. The summed E-state index contributed by atoms with van der Waals surface area (Å²) in [5, 5.41) is 2.97. The quantitative estimate of drug-likeness (QED) is 0.636. The van der Waals surface area contributed by atoms with E-state index in [1.54, 1.807) is 10.4 Å². The van der Waals surface area contributed by atoms with E-state index in [4.69, 9.17) is 4.74 Å². The standard InChI is InChI=1S/C23H34FN3O4S/c1-31-20-7-5-6-19(24)21(20)22(28)25-17-23(10-3-2-4-11-23)26-12-14-27(15-13-26)32(29,30)16-18-8-9-18/h5-7,18H,2-4,8-17H2,1H3,(H,25,28). The average Bonchev–Trinajstić information content (AvgIpc) is 3.61. The molecule has 2 saturated carbocycles. The third kappa shape index (κ3) is 5.10. The lowest BCUT2D eigenvalue weighted by Gasteiger charge is -2.49. The predicted octanol–water partition coefficient (Wildman–Crippen LogP) is 2.62. The van der Waals surface area contributed by atoms with Crippen LogP contribution in [0.2, 0.25) is 0 Å². The number of sulfonamides is 1. The Kier molecular flexibility index (Phi) is 7.07. The van der Waals surface area contributed by atoms with Gasteiger partial charge in [0.2, 0.25) is 10.0 Å².